The Morgan fingerprint density at radius 1 is 0.972 bits per heavy atom. The van der Waals surface area contributed by atoms with Crippen molar-refractivity contribution in [1.29, 1.82) is 0 Å². The number of likely N-dealkylation sites (tertiary alicyclic amines) is 1. The van der Waals surface area contributed by atoms with E-state index in [1.54, 1.807) is 6.07 Å². The number of benzene rings is 1. The van der Waals surface area contributed by atoms with Crippen LogP contribution in [-0.2, 0) is 18.5 Å². The topological polar surface area (TPSA) is 71.8 Å². The van der Waals surface area contributed by atoms with Crippen molar-refractivity contribution < 1.29 is 8.78 Å². The highest BCUT2D eigenvalue weighted by Crippen LogP contribution is 2.38. The monoisotopic (exact) mass is 489 g/mol. The highest BCUT2D eigenvalue weighted by Gasteiger charge is 2.33. The maximum atomic E-state index is 15.1. The highest BCUT2D eigenvalue weighted by atomic mass is 19.1. The normalized spacial score (nSPS) is 17.4. The van der Waals surface area contributed by atoms with Gasteiger partial charge in [-0.15, -0.1) is 0 Å². The van der Waals surface area contributed by atoms with Gasteiger partial charge in [-0.05, 0) is 70.0 Å². The van der Waals surface area contributed by atoms with Crippen LogP contribution >= 0.6 is 0 Å². The van der Waals surface area contributed by atoms with Crippen molar-refractivity contribution in [2.24, 2.45) is 0 Å². The maximum absolute atomic E-state index is 15.1. The number of fused-ring (bicyclic) bond motifs is 3. The quantitative estimate of drug-likeness (QED) is 0.395. The second-order valence-electron chi connectivity index (χ2n) is 10.4. The number of nitrogens with zero attached hydrogens (tertiary/aromatic N) is 6. The van der Waals surface area contributed by atoms with Crippen LogP contribution in [0.2, 0.25) is 0 Å². The number of hydrogen-bond acceptors (Lipinski definition) is 6. The lowest BCUT2D eigenvalue weighted by molar-refractivity contribution is 0.220. The Bertz CT molecular complexity index is 1420. The minimum Gasteiger partial charge on any atom is -0.322 e. The number of piperidine rings is 1. The van der Waals surface area contributed by atoms with E-state index in [1.165, 1.54) is 25.3 Å². The maximum Gasteiger partial charge on any atom is 0.229 e. The zero-order valence-electron chi connectivity index (χ0n) is 20.6. The molecule has 1 N–H and O–H groups in total. The van der Waals surface area contributed by atoms with Gasteiger partial charge < -0.3 is 9.88 Å². The Morgan fingerprint density at radius 3 is 2.58 bits per heavy atom. The number of nitrogens with one attached hydrogen (secondary N) is 1. The fraction of sp³-hybridized carbons (Fsp3) is 0.407. The van der Waals surface area contributed by atoms with Gasteiger partial charge in [-0.1, -0.05) is 12.5 Å². The van der Waals surface area contributed by atoms with Crippen LogP contribution in [0, 0.1) is 11.6 Å². The Morgan fingerprint density at radius 2 is 1.81 bits per heavy atom. The van der Waals surface area contributed by atoms with Gasteiger partial charge >= 0.3 is 0 Å². The third-order valence-corrected chi connectivity index (χ3v) is 7.29. The molecule has 0 amide bonds. The molecule has 186 valence electrons. The largest absolute Gasteiger partial charge is 0.322 e. The van der Waals surface area contributed by atoms with Crippen LogP contribution in [0.4, 0.5) is 20.5 Å². The van der Waals surface area contributed by atoms with E-state index in [9.17, 15) is 4.39 Å². The summed E-state index contributed by atoms with van der Waals surface area (Å²) in [5.41, 5.74) is 2.30. The van der Waals surface area contributed by atoms with E-state index < -0.39 is 11.6 Å². The van der Waals surface area contributed by atoms with Crippen LogP contribution in [-0.4, -0.2) is 42.5 Å². The smallest absolute Gasteiger partial charge is 0.229 e. The Balaban J connectivity index is 1.27. The van der Waals surface area contributed by atoms with Crippen LogP contribution in [0.15, 0.2) is 36.7 Å². The van der Waals surface area contributed by atoms with E-state index >= 15 is 4.39 Å². The molecule has 0 atom stereocenters. The summed E-state index contributed by atoms with van der Waals surface area (Å²) in [6.07, 6.45) is 8.45. The molecule has 3 aromatic heterocycles. The first-order valence-electron chi connectivity index (χ1n) is 12.6. The second kappa shape index (κ2) is 8.89. The number of aryl methyl sites for hydroxylation is 1. The number of anilines is 2. The predicted molar refractivity (Wildman–Crippen MR) is 135 cm³/mol. The van der Waals surface area contributed by atoms with Gasteiger partial charge in [0, 0.05) is 30.3 Å². The lowest BCUT2D eigenvalue weighted by atomic mass is 10.0. The molecule has 2 aliphatic rings. The summed E-state index contributed by atoms with van der Waals surface area (Å²) in [5.74, 6) is 0.503. The molecule has 2 aliphatic heterocycles. The summed E-state index contributed by atoms with van der Waals surface area (Å²) in [6, 6.07) is 6.96. The predicted octanol–water partition coefficient (Wildman–Crippen LogP) is 5.58. The van der Waals surface area contributed by atoms with Crippen molar-refractivity contribution in [1.82, 2.24) is 29.4 Å². The number of pyridine rings is 1. The summed E-state index contributed by atoms with van der Waals surface area (Å²) in [7, 11) is 0. The standard InChI is InChI=1S/C27H29F2N7/c1-27(2)9-8-23-33-25-19(28)12-18(13-21(25)36(23)27)24-20(29)15-31-26(34-24)32-22-7-6-17(14-30-22)16-35-10-4-3-5-11-35/h6-7,12-15H,3-5,8-11,16H2,1-2H3,(H,30,31,32,34). The van der Waals surface area contributed by atoms with Crippen LogP contribution in [0.1, 0.15) is 50.9 Å². The van der Waals surface area contributed by atoms with Crippen molar-refractivity contribution in [3.63, 3.8) is 0 Å². The van der Waals surface area contributed by atoms with Gasteiger partial charge in [0.05, 0.1) is 11.7 Å². The van der Waals surface area contributed by atoms with Gasteiger partial charge in [0.25, 0.3) is 0 Å². The first kappa shape index (κ1) is 23.0. The molecule has 4 aromatic rings. The summed E-state index contributed by atoms with van der Waals surface area (Å²) in [5, 5.41) is 3.05. The Hall–Kier alpha value is -3.46. The fourth-order valence-electron chi connectivity index (χ4n) is 5.41. The van der Waals surface area contributed by atoms with Crippen molar-refractivity contribution in [2.75, 3.05) is 18.4 Å². The molecule has 1 aromatic carbocycles. The van der Waals surface area contributed by atoms with Crippen LogP contribution in [0.5, 0.6) is 0 Å². The average molecular weight is 490 g/mol. The van der Waals surface area contributed by atoms with Crippen molar-refractivity contribution in [3.05, 3.63) is 59.7 Å². The van der Waals surface area contributed by atoms with Crippen LogP contribution in [0.3, 0.4) is 0 Å². The first-order chi connectivity index (χ1) is 17.4. The molecule has 1 fully saturated rings. The Kier molecular flexibility index (Phi) is 5.67. The molecule has 0 radical (unpaired) electrons. The number of imidazole rings is 1. The number of rotatable bonds is 5. The average Bonchev–Trinajstić information content (AvgIpc) is 3.40. The molecule has 6 rings (SSSR count). The molecule has 7 nitrogen and oxygen atoms in total. The molecule has 0 spiro atoms. The summed E-state index contributed by atoms with van der Waals surface area (Å²) < 4.78 is 31.9. The van der Waals surface area contributed by atoms with E-state index in [2.05, 4.69) is 48.6 Å². The fourth-order valence-corrected chi connectivity index (χ4v) is 5.41. The number of halogens is 2. The molecule has 9 heteroatoms. The number of hydrogen-bond donors (Lipinski definition) is 1. The first-order valence-corrected chi connectivity index (χ1v) is 12.6. The SMILES string of the molecule is CC1(C)CCc2nc3c(F)cc(-c4nc(Nc5ccc(CN6CCCCC6)cn5)ncc4F)cc3n21. The summed E-state index contributed by atoms with van der Waals surface area (Å²) in [6.45, 7) is 7.34. The molecule has 1 saturated heterocycles. The van der Waals surface area contributed by atoms with E-state index in [1.807, 2.05) is 18.3 Å². The summed E-state index contributed by atoms with van der Waals surface area (Å²) in [4.78, 5) is 19.9. The summed E-state index contributed by atoms with van der Waals surface area (Å²) >= 11 is 0. The van der Waals surface area contributed by atoms with E-state index in [0.29, 0.717) is 22.4 Å². The minimum atomic E-state index is -0.621. The van der Waals surface area contributed by atoms with Crippen LogP contribution in [0.25, 0.3) is 22.3 Å². The minimum absolute atomic E-state index is 0.0290. The molecular formula is C27H29F2N7. The highest BCUT2D eigenvalue weighted by molar-refractivity contribution is 5.83. The van der Waals surface area contributed by atoms with Crippen LogP contribution < -0.4 is 5.32 Å². The third-order valence-electron chi connectivity index (χ3n) is 7.29. The lowest BCUT2D eigenvalue weighted by Crippen LogP contribution is -2.29. The van der Waals surface area contributed by atoms with E-state index in [0.717, 1.165) is 50.1 Å². The van der Waals surface area contributed by atoms with Gasteiger partial charge in [0.1, 0.15) is 22.9 Å². The molecule has 36 heavy (non-hydrogen) atoms. The Labute approximate surface area is 208 Å². The molecule has 0 unspecified atom stereocenters. The zero-order valence-corrected chi connectivity index (χ0v) is 20.6. The molecule has 0 bridgehead atoms. The van der Waals surface area contributed by atoms with Gasteiger partial charge in [-0.3, -0.25) is 4.90 Å². The lowest BCUT2D eigenvalue weighted by Gasteiger charge is -2.26. The molecular weight excluding hydrogens is 460 g/mol. The van der Waals surface area contributed by atoms with Gasteiger partial charge in [0.2, 0.25) is 5.95 Å². The molecule has 0 aliphatic carbocycles. The zero-order chi connectivity index (χ0) is 24.9. The molecule has 0 saturated carbocycles. The molecule has 5 heterocycles. The third kappa shape index (κ3) is 4.21. The van der Waals surface area contributed by atoms with Gasteiger partial charge in [0.15, 0.2) is 11.6 Å². The van der Waals surface area contributed by atoms with Crippen molar-refractivity contribution in [3.8, 4) is 11.3 Å². The van der Waals surface area contributed by atoms with Crippen molar-refractivity contribution >= 4 is 22.8 Å². The van der Waals surface area contributed by atoms with Gasteiger partial charge in [-0.25, -0.2) is 28.7 Å². The number of aromatic nitrogens is 5. The van der Waals surface area contributed by atoms with Crippen molar-refractivity contribution in [2.45, 2.75) is 58.0 Å². The van der Waals surface area contributed by atoms with E-state index in [-0.39, 0.29) is 17.2 Å². The second-order valence-corrected chi connectivity index (χ2v) is 10.4. The van der Waals surface area contributed by atoms with E-state index in [4.69, 9.17) is 0 Å². The van der Waals surface area contributed by atoms with Gasteiger partial charge in [-0.2, -0.15) is 0 Å².